The normalized spacial score (nSPS) is 12.2. The van der Waals surface area contributed by atoms with E-state index in [0.29, 0.717) is 22.2 Å². The van der Waals surface area contributed by atoms with E-state index in [2.05, 4.69) is 41.5 Å². The highest BCUT2D eigenvalue weighted by atomic mass is 32.1. The molecule has 6 heteroatoms. The van der Waals surface area contributed by atoms with Gasteiger partial charge in [-0.2, -0.15) is 0 Å². The number of nitrogens with zero attached hydrogens (tertiary/aromatic N) is 1. The third-order valence-electron chi connectivity index (χ3n) is 4.43. The molecule has 3 aromatic rings. The van der Waals surface area contributed by atoms with Gasteiger partial charge in [-0.05, 0) is 36.6 Å². The van der Waals surface area contributed by atoms with E-state index >= 15 is 0 Å². The fraction of sp³-hybridized carbons (Fsp3) is 0.238. The van der Waals surface area contributed by atoms with E-state index < -0.39 is 0 Å². The summed E-state index contributed by atoms with van der Waals surface area (Å²) in [7, 11) is 0. The van der Waals surface area contributed by atoms with Crippen LogP contribution in [0.25, 0.3) is 11.3 Å². The van der Waals surface area contributed by atoms with Crippen LogP contribution in [0.2, 0.25) is 0 Å². The van der Waals surface area contributed by atoms with Gasteiger partial charge >= 0.3 is 0 Å². The zero-order valence-corrected chi connectivity index (χ0v) is 15.8. The van der Waals surface area contributed by atoms with Gasteiger partial charge in [0.2, 0.25) is 6.79 Å². The maximum absolute atomic E-state index is 12.5. The Balaban J connectivity index is 1.44. The third kappa shape index (κ3) is 3.95. The Morgan fingerprint density at radius 2 is 1.96 bits per heavy atom. The summed E-state index contributed by atoms with van der Waals surface area (Å²) in [6.07, 6.45) is 3.50. The summed E-state index contributed by atoms with van der Waals surface area (Å²) in [5, 5.41) is 5.38. The molecule has 27 heavy (non-hydrogen) atoms. The molecule has 0 saturated heterocycles. The van der Waals surface area contributed by atoms with Gasteiger partial charge < -0.3 is 9.47 Å². The van der Waals surface area contributed by atoms with Crippen LogP contribution in [0.5, 0.6) is 11.5 Å². The zero-order chi connectivity index (χ0) is 18.6. The Labute approximate surface area is 162 Å². The second kappa shape index (κ2) is 7.80. The molecule has 5 nitrogen and oxygen atoms in total. The highest BCUT2D eigenvalue weighted by molar-refractivity contribution is 7.14. The maximum Gasteiger partial charge on any atom is 0.257 e. The molecule has 0 radical (unpaired) electrons. The average molecular weight is 380 g/mol. The molecule has 1 aliphatic rings. The maximum atomic E-state index is 12.5. The van der Waals surface area contributed by atoms with Gasteiger partial charge in [0, 0.05) is 16.5 Å². The van der Waals surface area contributed by atoms with Crippen molar-refractivity contribution in [2.24, 2.45) is 0 Å². The molecule has 0 atom stereocenters. The van der Waals surface area contributed by atoms with Crippen LogP contribution in [0.4, 0.5) is 5.13 Å². The molecule has 0 saturated carbocycles. The number of carbonyl (C=O) groups excluding carboxylic acids is 1. The Hall–Kier alpha value is -2.86. The smallest absolute Gasteiger partial charge is 0.257 e. The summed E-state index contributed by atoms with van der Waals surface area (Å²) in [4.78, 5) is 17.0. The van der Waals surface area contributed by atoms with Gasteiger partial charge in [0.25, 0.3) is 5.91 Å². The average Bonchev–Trinajstić information content (AvgIpc) is 3.35. The number of benzene rings is 2. The van der Waals surface area contributed by atoms with E-state index in [1.54, 1.807) is 18.2 Å². The van der Waals surface area contributed by atoms with Crippen LogP contribution < -0.4 is 14.8 Å². The number of thiazole rings is 1. The molecule has 1 amide bonds. The van der Waals surface area contributed by atoms with E-state index in [9.17, 15) is 4.79 Å². The largest absolute Gasteiger partial charge is 0.454 e. The molecule has 1 aromatic heterocycles. The zero-order valence-electron chi connectivity index (χ0n) is 15.0. The molecular formula is C21H20N2O3S. The Morgan fingerprint density at radius 1 is 1.15 bits per heavy atom. The number of hydrogen-bond donors (Lipinski definition) is 1. The van der Waals surface area contributed by atoms with Crippen molar-refractivity contribution in [2.45, 2.75) is 26.2 Å². The van der Waals surface area contributed by atoms with Gasteiger partial charge in [0.05, 0.1) is 5.69 Å². The molecule has 138 valence electrons. The molecule has 0 fully saturated rings. The van der Waals surface area contributed by atoms with Gasteiger partial charge in [0.1, 0.15) is 0 Å². The molecule has 0 bridgehead atoms. The number of amides is 1. The lowest BCUT2D eigenvalue weighted by molar-refractivity contribution is 0.102. The SMILES string of the molecule is CCCCc1ccc(-c2csc(NC(=O)c3ccc4c(c3)OCO4)n2)cc1. The minimum atomic E-state index is -0.218. The lowest BCUT2D eigenvalue weighted by Gasteiger charge is -2.03. The number of fused-ring (bicyclic) bond motifs is 1. The topological polar surface area (TPSA) is 60.5 Å². The first kappa shape index (κ1) is 17.5. The standard InChI is InChI=1S/C21H20N2O3S/c1-2-3-4-14-5-7-15(8-6-14)17-12-27-21(22-17)23-20(24)16-9-10-18-19(11-16)26-13-25-18/h5-12H,2-4,13H2,1H3,(H,22,23,24). The Morgan fingerprint density at radius 3 is 2.78 bits per heavy atom. The minimum Gasteiger partial charge on any atom is -0.454 e. The fourth-order valence-electron chi connectivity index (χ4n) is 2.89. The van der Waals surface area contributed by atoms with Crippen LogP contribution in [-0.4, -0.2) is 17.7 Å². The van der Waals surface area contributed by atoms with Crippen LogP contribution in [0, 0.1) is 0 Å². The molecule has 4 rings (SSSR count). The first-order valence-corrected chi connectivity index (χ1v) is 9.87. The highest BCUT2D eigenvalue weighted by Gasteiger charge is 2.17. The lowest BCUT2D eigenvalue weighted by Crippen LogP contribution is -2.11. The molecule has 1 N–H and O–H groups in total. The van der Waals surface area contributed by atoms with Crippen LogP contribution in [0.15, 0.2) is 47.8 Å². The summed E-state index contributed by atoms with van der Waals surface area (Å²) < 4.78 is 10.6. The van der Waals surface area contributed by atoms with E-state index in [0.717, 1.165) is 17.7 Å². The van der Waals surface area contributed by atoms with Crippen molar-refractivity contribution in [3.05, 3.63) is 59.0 Å². The minimum absolute atomic E-state index is 0.188. The van der Waals surface area contributed by atoms with E-state index in [1.807, 2.05) is 5.38 Å². The van der Waals surface area contributed by atoms with E-state index in [-0.39, 0.29) is 12.7 Å². The number of aromatic nitrogens is 1. The summed E-state index contributed by atoms with van der Waals surface area (Å²) in [5.74, 6) is 1.03. The summed E-state index contributed by atoms with van der Waals surface area (Å²) in [6.45, 7) is 2.39. The monoisotopic (exact) mass is 380 g/mol. The molecule has 2 heterocycles. The van der Waals surface area contributed by atoms with Crippen molar-refractivity contribution in [2.75, 3.05) is 12.1 Å². The lowest BCUT2D eigenvalue weighted by atomic mass is 10.1. The molecule has 0 unspecified atom stereocenters. The quantitative estimate of drug-likeness (QED) is 0.644. The van der Waals surface area contributed by atoms with Crippen LogP contribution in [-0.2, 0) is 6.42 Å². The van der Waals surface area contributed by atoms with E-state index in [1.165, 1.54) is 29.7 Å². The predicted octanol–water partition coefficient (Wildman–Crippen LogP) is 5.13. The molecule has 1 aliphatic heterocycles. The van der Waals surface area contributed by atoms with Crippen molar-refractivity contribution < 1.29 is 14.3 Å². The van der Waals surface area contributed by atoms with Gasteiger partial charge in [-0.25, -0.2) is 4.98 Å². The summed E-state index contributed by atoms with van der Waals surface area (Å²) in [5.41, 5.74) is 3.77. The highest BCUT2D eigenvalue weighted by Crippen LogP contribution is 2.33. The molecular weight excluding hydrogens is 360 g/mol. The van der Waals surface area contributed by atoms with Gasteiger partial charge in [0.15, 0.2) is 16.6 Å². The number of ether oxygens (including phenoxy) is 2. The van der Waals surface area contributed by atoms with Crippen molar-refractivity contribution in [3.8, 4) is 22.8 Å². The second-order valence-electron chi connectivity index (χ2n) is 6.36. The van der Waals surface area contributed by atoms with E-state index in [4.69, 9.17) is 9.47 Å². The number of anilines is 1. The first-order valence-electron chi connectivity index (χ1n) is 8.99. The van der Waals surface area contributed by atoms with Crippen molar-refractivity contribution >= 4 is 22.4 Å². The van der Waals surface area contributed by atoms with Crippen molar-refractivity contribution in [1.82, 2.24) is 4.98 Å². The number of unbranched alkanes of at least 4 members (excludes halogenated alkanes) is 1. The predicted molar refractivity (Wildman–Crippen MR) is 107 cm³/mol. The molecule has 0 spiro atoms. The Kier molecular flexibility index (Phi) is 5.07. The fourth-order valence-corrected chi connectivity index (χ4v) is 3.61. The summed E-state index contributed by atoms with van der Waals surface area (Å²) >= 11 is 1.41. The summed E-state index contributed by atoms with van der Waals surface area (Å²) in [6, 6.07) is 13.6. The molecule has 2 aromatic carbocycles. The third-order valence-corrected chi connectivity index (χ3v) is 5.19. The number of rotatable bonds is 6. The molecule has 0 aliphatic carbocycles. The number of carbonyl (C=O) groups is 1. The van der Waals surface area contributed by atoms with Crippen LogP contribution in [0.1, 0.15) is 35.7 Å². The van der Waals surface area contributed by atoms with Gasteiger partial charge in [-0.15, -0.1) is 11.3 Å². The number of hydrogen-bond acceptors (Lipinski definition) is 5. The second-order valence-corrected chi connectivity index (χ2v) is 7.22. The first-order chi connectivity index (χ1) is 13.2. The van der Waals surface area contributed by atoms with Crippen molar-refractivity contribution in [3.63, 3.8) is 0 Å². The number of aryl methyl sites for hydroxylation is 1. The Bertz CT molecular complexity index is 950. The van der Waals surface area contributed by atoms with Gasteiger partial charge in [-0.3, -0.25) is 10.1 Å². The van der Waals surface area contributed by atoms with Crippen LogP contribution >= 0.6 is 11.3 Å². The van der Waals surface area contributed by atoms with Gasteiger partial charge in [-0.1, -0.05) is 37.6 Å². The van der Waals surface area contributed by atoms with Crippen molar-refractivity contribution in [1.29, 1.82) is 0 Å². The number of nitrogens with one attached hydrogen (secondary N) is 1. The van der Waals surface area contributed by atoms with Crippen LogP contribution in [0.3, 0.4) is 0 Å².